The third-order valence-corrected chi connectivity index (χ3v) is 3.05. The summed E-state index contributed by atoms with van der Waals surface area (Å²) in [4.78, 5) is 13.1. The Balaban J connectivity index is 2.11. The number of carbonyl (C=O) groups is 1. The molecular formula is C7H13N3O. The van der Waals surface area contributed by atoms with Crippen LogP contribution < -0.4 is 11.5 Å². The van der Waals surface area contributed by atoms with Crippen LogP contribution in [0.15, 0.2) is 0 Å². The van der Waals surface area contributed by atoms with E-state index in [4.69, 9.17) is 11.5 Å². The molecule has 1 unspecified atom stereocenters. The molecular weight excluding hydrogens is 142 g/mol. The number of likely N-dealkylation sites (tertiary alicyclic amines) is 1. The molecule has 0 aromatic heterocycles. The van der Waals surface area contributed by atoms with Gasteiger partial charge in [0.1, 0.15) is 5.54 Å². The van der Waals surface area contributed by atoms with Gasteiger partial charge in [-0.1, -0.05) is 0 Å². The molecule has 1 amide bonds. The number of rotatable bonds is 1. The van der Waals surface area contributed by atoms with Crippen molar-refractivity contribution < 1.29 is 4.79 Å². The van der Waals surface area contributed by atoms with E-state index in [1.807, 2.05) is 7.05 Å². The van der Waals surface area contributed by atoms with E-state index < -0.39 is 5.54 Å². The maximum atomic E-state index is 10.9. The van der Waals surface area contributed by atoms with E-state index in [1.165, 1.54) is 0 Å². The first kappa shape index (κ1) is 7.06. The third-order valence-electron chi connectivity index (χ3n) is 3.05. The molecule has 3 atom stereocenters. The quantitative estimate of drug-likeness (QED) is 0.477. The molecule has 2 aliphatic rings. The summed E-state index contributed by atoms with van der Waals surface area (Å²) in [5.74, 6) is 0.315. The van der Waals surface area contributed by atoms with Crippen molar-refractivity contribution in [3.63, 3.8) is 0 Å². The molecule has 11 heavy (non-hydrogen) atoms. The predicted molar refractivity (Wildman–Crippen MR) is 40.6 cm³/mol. The summed E-state index contributed by atoms with van der Waals surface area (Å²) in [7, 11) is 2.04. The van der Waals surface area contributed by atoms with E-state index in [0.717, 1.165) is 13.1 Å². The van der Waals surface area contributed by atoms with Gasteiger partial charge in [0.15, 0.2) is 0 Å². The monoisotopic (exact) mass is 155 g/mol. The Labute approximate surface area is 65.5 Å². The van der Waals surface area contributed by atoms with Crippen LogP contribution in [0.25, 0.3) is 0 Å². The van der Waals surface area contributed by atoms with Crippen LogP contribution >= 0.6 is 0 Å². The van der Waals surface area contributed by atoms with Gasteiger partial charge in [-0.15, -0.1) is 0 Å². The first-order valence-electron chi connectivity index (χ1n) is 3.84. The van der Waals surface area contributed by atoms with Crippen LogP contribution in [0.5, 0.6) is 0 Å². The number of carbonyl (C=O) groups excluding carboxylic acids is 1. The third kappa shape index (κ3) is 0.684. The normalized spacial score (nSPS) is 48.9. The van der Waals surface area contributed by atoms with Crippen molar-refractivity contribution in [2.45, 2.75) is 5.54 Å². The highest BCUT2D eigenvalue weighted by molar-refractivity contribution is 5.89. The average Bonchev–Trinajstić information content (AvgIpc) is 2.38. The number of nitrogens with zero attached hydrogens (tertiary/aromatic N) is 1. The van der Waals surface area contributed by atoms with Crippen molar-refractivity contribution in [1.82, 2.24) is 4.90 Å². The summed E-state index contributed by atoms with van der Waals surface area (Å²) in [5.41, 5.74) is 10.3. The number of piperidine rings is 1. The lowest BCUT2D eigenvalue weighted by Gasteiger charge is -2.17. The Kier molecular flexibility index (Phi) is 1.13. The number of hydrogen-bond donors (Lipinski definition) is 2. The van der Waals surface area contributed by atoms with Gasteiger partial charge in [0.05, 0.1) is 0 Å². The standard InChI is InChI=1S/C7H13N3O/c1-10-2-4-5(3-10)7(4,9)6(8)11/h4-5H,2-3,9H2,1H3,(H2,8,11)/t4-,5?,7-/m1/s1. The van der Waals surface area contributed by atoms with Crippen molar-refractivity contribution in [2.24, 2.45) is 23.3 Å². The van der Waals surface area contributed by atoms with Crippen molar-refractivity contribution in [3.8, 4) is 0 Å². The summed E-state index contributed by atoms with van der Waals surface area (Å²) in [6.45, 7) is 1.84. The molecule has 2 fully saturated rings. The van der Waals surface area contributed by atoms with Gasteiger partial charge in [-0.3, -0.25) is 4.79 Å². The molecule has 62 valence electrons. The zero-order valence-electron chi connectivity index (χ0n) is 6.58. The maximum absolute atomic E-state index is 10.9. The number of fused-ring (bicyclic) bond motifs is 1. The summed E-state index contributed by atoms with van der Waals surface area (Å²) in [6, 6.07) is 0. The molecule has 4 nitrogen and oxygen atoms in total. The molecule has 1 heterocycles. The zero-order valence-corrected chi connectivity index (χ0v) is 6.58. The van der Waals surface area contributed by atoms with Gasteiger partial charge in [-0.25, -0.2) is 0 Å². The van der Waals surface area contributed by atoms with Crippen LogP contribution in [0.2, 0.25) is 0 Å². The molecule has 0 bridgehead atoms. The Morgan fingerprint density at radius 2 is 2.00 bits per heavy atom. The van der Waals surface area contributed by atoms with Gasteiger partial charge in [0.25, 0.3) is 0 Å². The van der Waals surface area contributed by atoms with Crippen LogP contribution in [-0.2, 0) is 4.79 Å². The largest absolute Gasteiger partial charge is 0.368 e. The second-order valence-corrected chi connectivity index (χ2v) is 3.73. The topological polar surface area (TPSA) is 72.3 Å². The van der Waals surface area contributed by atoms with Crippen LogP contribution in [0.3, 0.4) is 0 Å². The van der Waals surface area contributed by atoms with E-state index >= 15 is 0 Å². The SMILES string of the molecule is CN1CC2[C@@H](C1)[C@]2(N)C(N)=O. The van der Waals surface area contributed by atoms with E-state index in [-0.39, 0.29) is 5.91 Å². The first-order chi connectivity index (χ1) is 5.06. The lowest BCUT2D eigenvalue weighted by molar-refractivity contribution is -0.121. The van der Waals surface area contributed by atoms with Crippen LogP contribution in [0.4, 0.5) is 0 Å². The second-order valence-electron chi connectivity index (χ2n) is 3.73. The minimum Gasteiger partial charge on any atom is -0.368 e. The summed E-state index contributed by atoms with van der Waals surface area (Å²) in [5, 5.41) is 0. The van der Waals surface area contributed by atoms with Crippen LogP contribution in [-0.4, -0.2) is 36.5 Å². The summed E-state index contributed by atoms with van der Waals surface area (Å²) < 4.78 is 0. The van der Waals surface area contributed by atoms with Crippen molar-refractivity contribution >= 4 is 5.91 Å². The smallest absolute Gasteiger partial charge is 0.238 e. The van der Waals surface area contributed by atoms with Gasteiger partial charge in [0.2, 0.25) is 5.91 Å². The zero-order chi connectivity index (χ0) is 8.22. The predicted octanol–water partition coefficient (Wildman–Crippen LogP) is -1.64. The highest BCUT2D eigenvalue weighted by Gasteiger charge is 2.69. The number of hydrogen-bond acceptors (Lipinski definition) is 3. The molecule has 0 spiro atoms. The molecule has 2 rings (SSSR count). The Bertz CT molecular complexity index is 204. The van der Waals surface area contributed by atoms with E-state index in [9.17, 15) is 4.79 Å². The highest BCUT2D eigenvalue weighted by Crippen LogP contribution is 2.52. The molecule has 1 aliphatic heterocycles. The molecule has 0 radical (unpaired) electrons. The van der Waals surface area contributed by atoms with Crippen LogP contribution in [0, 0.1) is 11.8 Å². The molecule has 1 saturated heterocycles. The van der Waals surface area contributed by atoms with Crippen LogP contribution in [0.1, 0.15) is 0 Å². The number of primary amides is 1. The number of amides is 1. The fourth-order valence-corrected chi connectivity index (χ4v) is 2.23. The maximum Gasteiger partial charge on any atom is 0.238 e. The minimum atomic E-state index is -0.660. The fraction of sp³-hybridized carbons (Fsp3) is 0.857. The van der Waals surface area contributed by atoms with Gasteiger partial charge < -0.3 is 16.4 Å². The molecule has 4 N–H and O–H groups in total. The first-order valence-corrected chi connectivity index (χ1v) is 3.84. The minimum absolute atomic E-state index is 0.324. The number of nitrogens with two attached hydrogens (primary N) is 2. The van der Waals surface area contributed by atoms with Crippen molar-refractivity contribution in [2.75, 3.05) is 20.1 Å². The molecule has 1 saturated carbocycles. The van der Waals surface area contributed by atoms with E-state index in [1.54, 1.807) is 0 Å². The van der Waals surface area contributed by atoms with E-state index in [2.05, 4.69) is 4.90 Å². The van der Waals surface area contributed by atoms with Gasteiger partial charge in [-0.05, 0) is 7.05 Å². The lowest BCUT2D eigenvalue weighted by Crippen LogP contribution is -2.46. The molecule has 0 aromatic carbocycles. The lowest BCUT2D eigenvalue weighted by atomic mass is 10.1. The van der Waals surface area contributed by atoms with E-state index in [0.29, 0.717) is 11.8 Å². The Hall–Kier alpha value is -0.610. The Morgan fingerprint density at radius 3 is 2.36 bits per heavy atom. The fourth-order valence-electron chi connectivity index (χ4n) is 2.23. The van der Waals surface area contributed by atoms with Crippen molar-refractivity contribution in [3.05, 3.63) is 0 Å². The second kappa shape index (κ2) is 1.76. The Morgan fingerprint density at radius 1 is 1.55 bits per heavy atom. The summed E-state index contributed by atoms with van der Waals surface area (Å²) >= 11 is 0. The molecule has 4 heteroatoms. The summed E-state index contributed by atoms with van der Waals surface area (Å²) in [6.07, 6.45) is 0. The van der Waals surface area contributed by atoms with Gasteiger partial charge in [-0.2, -0.15) is 0 Å². The highest BCUT2D eigenvalue weighted by atomic mass is 16.1. The van der Waals surface area contributed by atoms with Crippen molar-refractivity contribution in [1.29, 1.82) is 0 Å². The molecule has 1 aliphatic carbocycles. The molecule has 0 aromatic rings. The van der Waals surface area contributed by atoms with Gasteiger partial charge >= 0.3 is 0 Å². The average molecular weight is 155 g/mol. The van der Waals surface area contributed by atoms with Gasteiger partial charge in [0, 0.05) is 24.9 Å².